The molecule has 1 saturated carbocycles. The highest BCUT2D eigenvalue weighted by molar-refractivity contribution is 4.73. The predicted octanol–water partition coefficient (Wildman–Crippen LogP) is 4.26. The fourth-order valence-electron chi connectivity index (χ4n) is 2.63. The molecule has 0 saturated heterocycles. The van der Waals surface area contributed by atoms with E-state index in [-0.39, 0.29) is 0 Å². The molecular weight excluding hydrogens is 184 g/mol. The van der Waals surface area contributed by atoms with Gasteiger partial charge in [0.2, 0.25) is 0 Å². The molecule has 0 heterocycles. The van der Waals surface area contributed by atoms with Crippen LogP contribution in [0.3, 0.4) is 0 Å². The van der Waals surface area contributed by atoms with E-state index in [1.54, 1.807) is 0 Å². The highest BCUT2D eigenvalue weighted by Crippen LogP contribution is 2.32. The first-order chi connectivity index (χ1) is 7.08. The summed E-state index contributed by atoms with van der Waals surface area (Å²) in [5.41, 5.74) is 0. The summed E-state index contributed by atoms with van der Waals surface area (Å²) in [7, 11) is 0. The molecular formula is C14H28O. The lowest BCUT2D eigenvalue weighted by Crippen LogP contribution is -2.21. The van der Waals surface area contributed by atoms with E-state index >= 15 is 0 Å². The minimum absolute atomic E-state index is 0.401. The Hall–Kier alpha value is -0.0400. The Balaban J connectivity index is 2.12. The Bertz CT molecular complexity index is 155. The fraction of sp³-hybridized carbons (Fsp3) is 1.00. The van der Waals surface area contributed by atoms with Crippen molar-refractivity contribution in [3.63, 3.8) is 0 Å². The zero-order chi connectivity index (χ0) is 11.3. The van der Waals surface area contributed by atoms with Crippen molar-refractivity contribution in [3.05, 3.63) is 0 Å². The number of hydrogen-bond donors (Lipinski definition) is 0. The van der Waals surface area contributed by atoms with Gasteiger partial charge in [-0.05, 0) is 50.9 Å². The molecule has 0 unspecified atom stereocenters. The predicted molar refractivity (Wildman–Crippen MR) is 66.0 cm³/mol. The summed E-state index contributed by atoms with van der Waals surface area (Å²) in [6, 6.07) is 0. The Morgan fingerprint density at radius 3 is 1.93 bits per heavy atom. The van der Waals surface area contributed by atoms with Crippen LogP contribution >= 0.6 is 0 Å². The maximum atomic E-state index is 5.70. The Morgan fingerprint density at radius 1 is 0.933 bits per heavy atom. The van der Waals surface area contributed by atoms with Crippen molar-refractivity contribution in [2.24, 2.45) is 17.8 Å². The van der Waals surface area contributed by atoms with Gasteiger partial charge in [-0.25, -0.2) is 0 Å². The number of rotatable bonds is 5. The first-order valence-corrected chi connectivity index (χ1v) is 6.69. The Morgan fingerprint density at radius 2 is 1.47 bits per heavy atom. The largest absolute Gasteiger partial charge is 0.379 e. The van der Waals surface area contributed by atoms with E-state index in [2.05, 4.69) is 27.7 Å². The van der Waals surface area contributed by atoms with Gasteiger partial charge in [-0.2, -0.15) is 0 Å². The molecule has 90 valence electrons. The lowest BCUT2D eigenvalue weighted by atomic mass is 9.79. The number of hydrogen-bond acceptors (Lipinski definition) is 1. The van der Waals surface area contributed by atoms with Gasteiger partial charge in [0.1, 0.15) is 0 Å². The molecule has 0 bridgehead atoms. The summed E-state index contributed by atoms with van der Waals surface area (Å²) >= 11 is 0. The molecule has 0 amide bonds. The van der Waals surface area contributed by atoms with Gasteiger partial charge in [0.25, 0.3) is 0 Å². The quantitative estimate of drug-likeness (QED) is 0.661. The summed E-state index contributed by atoms with van der Waals surface area (Å²) in [6.45, 7) is 9.93. The van der Waals surface area contributed by atoms with E-state index in [1.807, 2.05) is 0 Å². The first kappa shape index (κ1) is 13.0. The Labute approximate surface area is 95.6 Å². The van der Waals surface area contributed by atoms with E-state index < -0.39 is 0 Å². The second-order valence-electron chi connectivity index (χ2n) is 5.90. The third-order valence-corrected chi connectivity index (χ3v) is 3.44. The van der Waals surface area contributed by atoms with Crippen LogP contribution in [0.5, 0.6) is 0 Å². The molecule has 0 aromatic heterocycles. The van der Waals surface area contributed by atoms with Gasteiger partial charge < -0.3 is 4.74 Å². The molecule has 1 aliphatic rings. The van der Waals surface area contributed by atoms with Crippen LogP contribution in [-0.2, 0) is 4.74 Å². The van der Waals surface area contributed by atoms with Crippen molar-refractivity contribution in [2.45, 2.75) is 65.9 Å². The normalized spacial score (nSPS) is 27.6. The van der Waals surface area contributed by atoms with Gasteiger partial charge in [0, 0.05) is 6.61 Å². The fourth-order valence-corrected chi connectivity index (χ4v) is 2.63. The molecule has 1 aliphatic carbocycles. The summed E-state index contributed by atoms with van der Waals surface area (Å²) in [5, 5.41) is 0. The zero-order valence-corrected chi connectivity index (χ0v) is 11.0. The van der Waals surface area contributed by atoms with Crippen molar-refractivity contribution in [1.29, 1.82) is 0 Å². The van der Waals surface area contributed by atoms with Gasteiger partial charge in [0.15, 0.2) is 0 Å². The van der Waals surface area contributed by atoms with Gasteiger partial charge in [0.05, 0.1) is 6.10 Å². The third kappa shape index (κ3) is 5.55. The summed E-state index contributed by atoms with van der Waals surface area (Å²) < 4.78 is 5.70. The van der Waals surface area contributed by atoms with Gasteiger partial charge in [-0.1, -0.05) is 26.7 Å². The van der Waals surface area contributed by atoms with E-state index in [9.17, 15) is 0 Å². The highest BCUT2D eigenvalue weighted by atomic mass is 16.5. The lowest BCUT2D eigenvalue weighted by molar-refractivity contribution is 0.0355. The van der Waals surface area contributed by atoms with Crippen molar-refractivity contribution >= 4 is 0 Å². The molecule has 0 aromatic rings. The van der Waals surface area contributed by atoms with E-state index in [1.165, 1.54) is 32.1 Å². The van der Waals surface area contributed by atoms with Crippen LogP contribution in [0.2, 0.25) is 0 Å². The molecule has 0 aromatic carbocycles. The molecule has 0 radical (unpaired) electrons. The standard InChI is InChI=1S/C14H28O/c1-11(2)9-13-5-7-14(8-6-13)10-15-12(3)4/h11-14H,5-10H2,1-4H3/t13-,14-. The van der Waals surface area contributed by atoms with E-state index in [0.29, 0.717) is 6.10 Å². The SMILES string of the molecule is CC(C)C[C@H]1CC[C@H](COC(C)C)CC1. The van der Waals surface area contributed by atoms with Crippen LogP contribution in [0.1, 0.15) is 59.8 Å². The third-order valence-electron chi connectivity index (χ3n) is 3.44. The Kier molecular flexibility index (Phi) is 5.66. The molecule has 0 atom stereocenters. The summed E-state index contributed by atoms with van der Waals surface area (Å²) in [4.78, 5) is 0. The van der Waals surface area contributed by atoms with Gasteiger partial charge in [-0.3, -0.25) is 0 Å². The molecule has 1 heteroatoms. The molecule has 0 spiro atoms. The van der Waals surface area contributed by atoms with Crippen LogP contribution in [0.4, 0.5) is 0 Å². The topological polar surface area (TPSA) is 9.23 Å². The summed E-state index contributed by atoms with van der Waals surface area (Å²) in [5.74, 6) is 2.72. The highest BCUT2D eigenvalue weighted by Gasteiger charge is 2.21. The average Bonchev–Trinajstić information content (AvgIpc) is 2.16. The smallest absolute Gasteiger partial charge is 0.0519 e. The monoisotopic (exact) mass is 212 g/mol. The van der Waals surface area contributed by atoms with Crippen LogP contribution in [0.25, 0.3) is 0 Å². The minimum Gasteiger partial charge on any atom is -0.379 e. The van der Waals surface area contributed by atoms with Gasteiger partial charge >= 0.3 is 0 Å². The minimum atomic E-state index is 0.401. The van der Waals surface area contributed by atoms with Crippen LogP contribution in [-0.4, -0.2) is 12.7 Å². The van der Waals surface area contributed by atoms with Crippen molar-refractivity contribution < 1.29 is 4.74 Å². The van der Waals surface area contributed by atoms with Crippen LogP contribution < -0.4 is 0 Å². The van der Waals surface area contributed by atoms with Gasteiger partial charge in [-0.15, -0.1) is 0 Å². The van der Waals surface area contributed by atoms with E-state index in [0.717, 1.165) is 24.4 Å². The van der Waals surface area contributed by atoms with Crippen LogP contribution in [0.15, 0.2) is 0 Å². The molecule has 1 fully saturated rings. The van der Waals surface area contributed by atoms with Crippen molar-refractivity contribution in [2.75, 3.05) is 6.61 Å². The van der Waals surface area contributed by atoms with E-state index in [4.69, 9.17) is 4.74 Å². The molecule has 1 rings (SSSR count). The first-order valence-electron chi connectivity index (χ1n) is 6.69. The molecule has 0 aliphatic heterocycles. The maximum absolute atomic E-state index is 5.70. The average molecular weight is 212 g/mol. The second kappa shape index (κ2) is 6.52. The zero-order valence-electron chi connectivity index (χ0n) is 11.0. The molecule has 0 N–H and O–H groups in total. The second-order valence-corrected chi connectivity index (χ2v) is 5.90. The van der Waals surface area contributed by atoms with Crippen molar-refractivity contribution in [3.8, 4) is 0 Å². The van der Waals surface area contributed by atoms with Crippen LogP contribution in [0, 0.1) is 17.8 Å². The lowest BCUT2D eigenvalue weighted by Gasteiger charge is -2.29. The van der Waals surface area contributed by atoms with Crippen molar-refractivity contribution in [1.82, 2.24) is 0 Å². The summed E-state index contributed by atoms with van der Waals surface area (Å²) in [6.07, 6.45) is 7.49. The molecule has 1 nitrogen and oxygen atoms in total. The maximum Gasteiger partial charge on any atom is 0.0519 e. The number of ether oxygens (including phenoxy) is 1. The molecule has 15 heavy (non-hydrogen) atoms.